The van der Waals surface area contributed by atoms with Crippen molar-refractivity contribution in [3.63, 3.8) is 0 Å². The molecule has 0 bridgehead atoms. The fraction of sp³-hybridized carbons (Fsp3) is 0.481. The van der Waals surface area contributed by atoms with E-state index in [-0.39, 0.29) is 16.9 Å². The van der Waals surface area contributed by atoms with Gasteiger partial charge in [-0.2, -0.15) is 4.31 Å². The Labute approximate surface area is 200 Å². The van der Waals surface area contributed by atoms with Gasteiger partial charge in [0.1, 0.15) is 0 Å². The largest absolute Gasteiger partial charge is 0.393 e. The van der Waals surface area contributed by atoms with Gasteiger partial charge in [0.2, 0.25) is 10.0 Å². The third-order valence-electron chi connectivity index (χ3n) is 5.74. The molecule has 0 aromatic heterocycles. The summed E-state index contributed by atoms with van der Waals surface area (Å²) in [6.45, 7) is 7.23. The maximum absolute atomic E-state index is 13.1. The third kappa shape index (κ3) is 9.05. The Balaban J connectivity index is 1.85. The van der Waals surface area contributed by atoms with Crippen molar-refractivity contribution in [2.24, 2.45) is 5.92 Å². The summed E-state index contributed by atoms with van der Waals surface area (Å²) in [4.78, 5) is 0.287. The van der Waals surface area contributed by atoms with Gasteiger partial charge < -0.3 is 9.84 Å². The van der Waals surface area contributed by atoms with Crippen molar-refractivity contribution >= 4 is 10.0 Å². The lowest BCUT2D eigenvalue weighted by atomic mass is 10.0. The number of aliphatic hydroxyl groups is 1. The van der Waals surface area contributed by atoms with Crippen LogP contribution < -0.4 is 0 Å². The molecule has 0 aliphatic carbocycles. The normalized spacial score (nSPS) is 15.1. The molecule has 0 fully saturated rings. The van der Waals surface area contributed by atoms with Crippen LogP contribution in [0.2, 0.25) is 0 Å². The summed E-state index contributed by atoms with van der Waals surface area (Å²) >= 11 is 0. The molecule has 0 aliphatic rings. The van der Waals surface area contributed by atoms with Crippen molar-refractivity contribution < 1.29 is 18.3 Å². The third-order valence-corrected chi connectivity index (χ3v) is 7.67. The van der Waals surface area contributed by atoms with Crippen molar-refractivity contribution in [3.8, 4) is 0 Å². The Morgan fingerprint density at radius 3 is 2.39 bits per heavy atom. The van der Waals surface area contributed by atoms with Gasteiger partial charge in [-0.25, -0.2) is 8.42 Å². The lowest BCUT2D eigenvalue weighted by Gasteiger charge is -2.29. The Hall–Kier alpha value is -1.99. The van der Waals surface area contributed by atoms with E-state index >= 15 is 0 Å². The molecule has 33 heavy (non-hydrogen) atoms. The highest BCUT2D eigenvalue weighted by Gasteiger charge is 2.28. The molecule has 0 saturated heterocycles. The van der Waals surface area contributed by atoms with E-state index in [1.54, 1.807) is 31.3 Å². The first-order valence-electron chi connectivity index (χ1n) is 11.7. The van der Waals surface area contributed by atoms with Gasteiger partial charge >= 0.3 is 0 Å². The lowest BCUT2D eigenvalue weighted by molar-refractivity contribution is 0.103. The van der Waals surface area contributed by atoms with Crippen LogP contribution in [0.5, 0.6) is 0 Å². The van der Waals surface area contributed by atoms with Gasteiger partial charge in [0, 0.05) is 13.1 Å². The lowest BCUT2D eigenvalue weighted by Crippen LogP contribution is -2.39. The van der Waals surface area contributed by atoms with Crippen molar-refractivity contribution in [1.82, 2.24) is 4.31 Å². The predicted octanol–water partition coefficient (Wildman–Crippen LogP) is 5.33. The second-order valence-corrected chi connectivity index (χ2v) is 10.8. The number of ether oxygens (including phenoxy) is 1. The molecule has 6 heteroatoms. The van der Waals surface area contributed by atoms with E-state index in [4.69, 9.17) is 4.74 Å². The quantitative estimate of drug-likeness (QED) is 0.376. The van der Waals surface area contributed by atoms with E-state index in [2.05, 4.69) is 13.0 Å². The van der Waals surface area contributed by atoms with Crippen LogP contribution in [-0.2, 0) is 21.4 Å². The summed E-state index contributed by atoms with van der Waals surface area (Å²) in [5, 5.41) is 10.6. The van der Waals surface area contributed by atoms with E-state index < -0.39 is 16.1 Å². The minimum Gasteiger partial charge on any atom is -0.393 e. The molecule has 0 heterocycles. The molecule has 2 aromatic rings. The Bertz CT molecular complexity index is 942. The van der Waals surface area contributed by atoms with Crippen molar-refractivity contribution in [3.05, 3.63) is 77.9 Å². The van der Waals surface area contributed by atoms with Crippen LogP contribution in [0, 0.1) is 12.8 Å². The maximum Gasteiger partial charge on any atom is 0.243 e. The molecule has 5 nitrogen and oxygen atoms in total. The minimum absolute atomic E-state index is 0.233. The molecular weight excluding hydrogens is 434 g/mol. The molecule has 0 unspecified atom stereocenters. The summed E-state index contributed by atoms with van der Waals surface area (Å²) in [7, 11) is -1.99. The average Bonchev–Trinajstić information content (AvgIpc) is 2.79. The fourth-order valence-electron chi connectivity index (χ4n) is 3.72. The Morgan fingerprint density at radius 1 is 1.09 bits per heavy atom. The van der Waals surface area contributed by atoms with Crippen LogP contribution in [0.3, 0.4) is 0 Å². The summed E-state index contributed by atoms with van der Waals surface area (Å²) < 4.78 is 33.3. The van der Waals surface area contributed by atoms with Crippen molar-refractivity contribution in [2.45, 2.75) is 70.1 Å². The first-order chi connectivity index (χ1) is 15.7. The SMILES string of the molecule is CCC[C@H](C[C@@H](O)C/C=C\[C@@H](C)COCc1ccccc1)N(C)S(=O)(=O)c1ccc(C)cc1. The molecule has 3 atom stereocenters. The zero-order chi connectivity index (χ0) is 24.3. The Morgan fingerprint density at radius 2 is 1.76 bits per heavy atom. The van der Waals surface area contributed by atoms with Crippen molar-refractivity contribution in [1.29, 1.82) is 0 Å². The number of hydrogen-bond donors (Lipinski definition) is 1. The molecule has 0 spiro atoms. The highest BCUT2D eigenvalue weighted by molar-refractivity contribution is 7.89. The van der Waals surface area contributed by atoms with Gasteiger partial charge in [0.15, 0.2) is 0 Å². The van der Waals surface area contributed by atoms with Crippen LogP contribution in [0.25, 0.3) is 0 Å². The predicted molar refractivity (Wildman–Crippen MR) is 134 cm³/mol. The first-order valence-corrected chi connectivity index (χ1v) is 13.2. The van der Waals surface area contributed by atoms with Gasteiger partial charge in [0.05, 0.1) is 24.2 Å². The molecular formula is C27H39NO4S. The van der Waals surface area contributed by atoms with Crippen LogP contribution in [0.4, 0.5) is 0 Å². The van der Waals surface area contributed by atoms with Crippen LogP contribution >= 0.6 is 0 Å². The van der Waals surface area contributed by atoms with E-state index in [0.717, 1.165) is 17.5 Å². The Kier molecular flexibility index (Phi) is 11.3. The zero-order valence-corrected chi connectivity index (χ0v) is 21.2. The maximum atomic E-state index is 13.1. The van der Waals surface area contributed by atoms with Gasteiger partial charge in [-0.15, -0.1) is 0 Å². The van der Waals surface area contributed by atoms with E-state index in [1.807, 2.05) is 50.3 Å². The topological polar surface area (TPSA) is 66.8 Å². The molecule has 0 radical (unpaired) electrons. The standard InChI is InChI=1S/C27H39NO4S/c1-5-10-25(28(4)33(30,31)27-17-15-22(2)16-18-27)19-26(29)14-9-11-23(3)20-32-21-24-12-7-6-8-13-24/h6-9,11-13,15-18,23,25-26,29H,5,10,14,19-21H2,1-4H3/b11-9-/t23-,25-,26+/m1/s1. The van der Waals surface area contributed by atoms with Gasteiger partial charge in [-0.3, -0.25) is 0 Å². The fourth-order valence-corrected chi connectivity index (χ4v) is 5.12. The van der Waals surface area contributed by atoms with E-state index in [1.165, 1.54) is 4.31 Å². The van der Waals surface area contributed by atoms with Crippen molar-refractivity contribution in [2.75, 3.05) is 13.7 Å². The summed E-state index contributed by atoms with van der Waals surface area (Å²) in [5.74, 6) is 0.233. The number of aryl methyl sites for hydroxylation is 1. The monoisotopic (exact) mass is 473 g/mol. The van der Waals surface area contributed by atoms with E-state index in [0.29, 0.717) is 32.5 Å². The molecule has 0 saturated carbocycles. The second-order valence-electron chi connectivity index (χ2n) is 8.81. The van der Waals surface area contributed by atoms with Crippen LogP contribution in [0.15, 0.2) is 71.6 Å². The molecule has 0 aliphatic heterocycles. The summed E-state index contributed by atoms with van der Waals surface area (Å²) in [6, 6.07) is 16.7. The number of rotatable bonds is 14. The summed E-state index contributed by atoms with van der Waals surface area (Å²) in [5.41, 5.74) is 2.17. The number of aliphatic hydroxyl groups excluding tert-OH is 1. The second kappa shape index (κ2) is 13.7. The molecule has 1 N–H and O–H groups in total. The van der Waals surface area contributed by atoms with Gasteiger partial charge in [0.25, 0.3) is 0 Å². The molecule has 0 amide bonds. The highest BCUT2D eigenvalue weighted by Crippen LogP contribution is 2.23. The molecule has 2 aromatic carbocycles. The first kappa shape index (κ1) is 27.3. The van der Waals surface area contributed by atoms with Gasteiger partial charge in [-0.05, 0) is 49.8 Å². The van der Waals surface area contributed by atoms with E-state index in [9.17, 15) is 13.5 Å². The zero-order valence-electron chi connectivity index (χ0n) is 20.4. The minimum atomic E-state index is -3.60. The smallest absolute Gasteiger partial charge is 0.243 e. The van der Waals surface area contributed by atoms with Crippen LogP contribution in [0.1, 0.15) is 50.7 Å². The molecule has 182 valence electrons. The number of nitrogens with zero attached hydrogens (tertiary/aromatic N) is 1. The number of hydrogen-bond acceptors (Lipinski definition) is 4. The van der Waals surface area contributed by atoms with Crippen LogP contribution in [-0.4, -0.2) is 43.6 Å². The summed E-state index contributed by atoms with van der Waals surface area (Å²) in [6.07, 6.45) is 5.85. The highest BCUT2D eigenvalue weighted by atomic mass is 32.2. The van der Waals surface area contributed by atoms with Gasteiger partial charge in [-0.1, -0.05) is 80.4 Å². The number of sulfonamides is 1. The molecule has 2 rings (SSSR count). The average molecular weight is 474 g/mol. The number of benzene rings is 2.